The van der Waals surface area contributed by atoms with Crippen molar-refractivity contribution >= 4 is 32.4 Å². The van der Waals surface area contributed by atoms with Gasteiger partial charge in [0.05, 0.1) is 6.26 Å². The first-order chi connectivity index (χ1) is 8.93. The smallest absolute Gasteiger partial charge is 0.141 e. The predicted molar refractivity (Wildman–Crippen MR) is 77.0 cm³/mol. The van der Waals surface area contributed by atoms with Crippen LogP contribution in [0.25, 0.3) is 32.2 Å². The van der Waals surface area contributed by atoms with Crippen molar-refractivity contribution in [2.24, 2.45) is 0 Å². The first-order valence-corrected chi connectivity index (χ1v) is 6.74. The summed E-state index contributed by atoms with van der Waals surface area (Å²) in [7, 11) is 0. The monoisotopic (exact) mass is 250 g/mol. The number of fused-ring (bicyclic) bond motifs is 2. The zero-order valence-corrected chi connectivity index (χ0v) is 10.4. The summed E-state index contributed by atoms with van der Waals surface area (Å²) in [6.07, 6.45) is 1.75. The third-order valence-corrected chi connectivity index (χ3v) is 4.15. The van der Waals surface area contributed by atoms with Crippen molar-refractivity contribution in [3.05, 3.63) is 60.2 Å². The standard InChI is InChI=1S/C16H10OS/c1-3-11-7-9-17-16(11)14(5-1)12-4-2-6-15-13(12)8-10-18-15/h1-10H. The van der Waals surface area contributed by atoms with Crippen LogP contribution in [0.3, 0.4) is 0 Å². The van der Waals surface area contributed by atoms with Crippen molar-refractivity contribution in [3.8, 4) is 11.1 Å². The molecule has 0 amide bonds. The molecule has 0 saturated carbocycles. The summed E-state index contributed by atoms with van der Waals surface area (Å²) in [6.45, 7) is 0. The van der Waals surface area contributed by atoms with Gasteiger partial charge in [-0.25, -0.2) is 0 Å². The van der Waals surface area contributed by atoms with Crippen molar-refractivity contribution in [1.82, 2.24) is 0 Å². The molecule has 2 heteroatoms. The number of thiophene rings is 1. The molecule has 86 valence electrons. The SMILES string of the molecule is c1cc(-c2cccc3sccc23)c2occc2c1. The number of benzene rings is 2. The van der Waals surface area contributed by atoms with Crippen LogP contribution in [0.15, 0.2) is 64.6 Å². The number of para-hydroxylation sites is 1. The van der Waals surface area contributed by atoms with E-state index >= 15 is 0 Å². The van der Waals surface area contributed by atoms with Gasteiger partial charge in [-0.1, -0.05) is 30.3 Å². The number of furan rings is 1. The Kier molecular flexibility index (Phi) is 2.05. The fourth-order valence-corrected chi connectivity index (χ4v) is 3.25. The molecular weight excluding hydrogens is 240 g/mol. The van der Waals surface area contributed by atoms with Gasteiger partial charge in [0.25, 0.3) is 0 Å². The van der Waals surface area contributed by atoms with Crippen LogP contribution in [0.2, 0.25) is 0 Å². The van der Waals surface area contributed by atoms with Gasteiger partial charge in [0.15, 0.2) is 0 Å². The van der Waals surface area contributed by atoms with E-state index in [0.29, 0.717) is 0 Å². The fourth-order valence-electron chi connectivity index (χ4n) is 2.43. The average Bonchev–Trinajstić information content (AvgIpc) is 3.06. The zero-order valence-electron chi connectivity index (χ0n) is 9.59. The second-order valence-electron chi connectivity index (χ2n) is 4.28. The second-order valence-corrected chi connectivity index (χ2v) is 5.23. The minimum Gasteiger partial charge on any atom is -0.464 e. The third-order valence-electron chi connectivity index (χ3n) is 3.26. The van der Waals surface area contributed by atoms with E-state index < -0.39 is 0 Å². The van der Waals surface area contributed by atoms with E-state index in [9.17, 15) is 0 Å². The van der Waals surface area contributed by atoms with Gasteiger partial charge in [-0.2, -0.15) is 0 Å². The maximum absolute atomic E-state index is 5.63. The number of hydrogen-bond acceptors (Lipinski definition) is 2. The highest BCUT2D eigenvalue weighted by Crippen LogP contribution is 2.35. The van der Waals surface area contributed by atoms with Crippen molar-refractivity contribution in [2.45, 2.75) is 0 Å². The lowest BCUT2D eigenvalue weighted by atomic mass is 10.0. The molecular formula is C16H10OS. The topological polar surface area (TPSA) is 13.1 Å². The molecule has 2 aromatic carbocycles. The summed E-state index contributed by atoms with van der Waals surface area (Å²) >= 11 is 1.77. The minimum absolute atomic E-state index is 0.969. The lowest BCUT2D eigenvalue weighted by molar-refractivity contribution is 0.617. The zero-order chi connectivity index (χ0) is 11.9. The predicted octanol–water partition coefficient (Wildman–Crippen LogP) is 5.31. The molecule has 4 rings (SSSR count). The summed E-state index contributed by atoms with van der Waals surface area (Å²) in [6, 6.07) is 16.9. The first kappa shape index (κ1) is 9.92. The molecule has 0 spiro atoms. The van der Waals surface area contributed by atoms with Crippen LogP contribution in [0, 0.1) is 0 Å². The Hall–Kier alpha value is -2.06. The quantitative estimate of drug-likeness (QED) is 0.446. The Morgan fingerprint density at radius 1 is 0.833 bits per heavy atom. The van der Waals surface area contributed by atoms with Gasteiger partial charge >= 0.3 is 0 Å². The molecule has 0 fully saturated rings. The molecule has 2 aromatic heterocycles. The van der Waals surface area contributed by atoms with Crippen molar-refractivity contribution < 1.29 is 4.42 Å². The van der Waals surface area contributed by atoms with E-state index in [1.54, 1.807) is 17.6 Å². The molecule has 0 aliphatic carbocycles. The van der Waals surface area contributed by atoms with Crippen LogP contribution in [0.4, 0.5) is 0 Å². The molecule has 1 nitrogen and oxygen atoms in total. The molecule has 0 atom stereocenters. The van der Waals surface area contributed by atoms with Gasteiger partial charge in [0.2, 0.25) is 0 Å². The van der Waals surface area contributed by atoms with E-state index in [2.05, 4.69) is 47.8 Å². The summed E-state index contributed by atoms with van der Waals surface area (Å²) in [5, 5.41) is 4.59. The van der Waals surface area contributed by atoms with E-state index in [1.807, 2.05) is 6.07 Å². The van der Waals surface area contributed by atoms with E-state index in [4.69, 9.17) is 4.42 Å². The molecule has 4 aromatic rings. The average molecular weight is 250 g/mol. The van der Waals surface area contributed by atoms with E-state index in [-0.39, 0.29) is 0 Å². The van der Waals surface area contributed by atoms with Crippen LogP contribution < -0.4 is 0 Å². The highest BCUT2D eigenvalue weighted by atomic mass is 32.1. The first-order valence-electron chi connectivity index (χ1n) is 5.86. The fraction of sp³-hybridized carbons (Fsp3) is 0. The molecule has 18 heavy (non-hydrogen) atoms. The van der Waals surface area contributed by atoms with Crippen LogP contribution in [0.1, 0.15) is 0 Å². The largest absolute Gasteiger partial charge is 0.464 e. The van der Waals surface area contributed by atoms with E-state index in [1.165, 1.54) is 21.2 Å². The van der Waals surface area contributed by atoms with Crippen LogP contribution in [-0.2, 0) is 0 Å². The summed E-state index contributed by atoms with van der Waals surface area (Å²) in [5.74, 6) is 0. The highest BCUT2D eigenvalue weighted by Gasteiger charge is 2.09. The highest BCUT2D eigenvalue weighted by molar-refractivity contribution is 7.17. The Balaban J connectivity index is 2.13. The normalized spacial score (nSPS) is 11.3. The van der Waals surface area contributed by atoms with Gasteiger partial charge in [-0.05, 0) is 29.1 Å². The van der Waals surface area contributed by atoms with Crippen LogP contribution >= 0.6 is 11.3 Å². The van der Waals surface area contributed by atoms with Crippen LogP contribution in [-0.4, -0.2) is 0 Å². The molecule has 0 saturated heterocycles. The van der Waals surface area contributed by atoms with E-state index in [0.717, 1.165) is 11.0 Å². The van der Waals surface area contributed by atoms with Crippen molar-refractivity contribution in [3.63, 3.8) is 0 Å². The number of hydrogen-bond donors (Lipinski definition) is 0. The number of rotatable bonds is 1. The molecule has 0 unspecified atom stereocenters. The molecule has 0 N–H and O–H groups in total. The van der Waals surface area contributed by atoms with Gasteiger partial charge < -0.3 is 4.42 Å². The lowest BCUT2D eigenvalue weighted by Gasteiger charge is -2.04. The second kappa shape index (κ2) is 3.72. The Morgan fingerprint density at radius 2 is 1.72 bits per heavy atom. The third kappa shape index (κ3) is 1.33. The Morgan fingerprint density at radius 3 is 2.72 bits per heavy atom. The summed E-state index contributed by atoms with van der Waals surface area (Å²) in [4.78, 5) is 0. The van der Waals surface area contributed by atoms with Crippen molar-refractivity contribution in [2.75, 3.05) is 0 Å². The molecule has 0 aliphatic heterocycles. The van der Waals surface area contributed by atoms with Crippen LogP contribution in [0.5, 0.6) is 0 Å². The van der Waals surface area contributed by atoms with Gasteiger partial charge in [-0.3, -0.25) is 0 Å². The van der Waals surface area contributed by atoms with Crippen molar-refractivity contribution in [1.29, 1.82) is 0 Å². The van der Waals surface area contributed by atoms with Gasteiger partial charge in [0, 0.05) is 21.0 Å². The maximum atomic E-state index is 5.63. The molecule has 0 radical (unpaired) electrons. The minimum atomic E-state index is 0.969. The lowest BCUT2D eigenvalue weighted by Crippen LogP contribution is -1.79. The molecule has 2 heterocycles. The summed E-state index contributed by atoms with van der Waals surface area (Å²) in [5.41, 5.74) is 3.38. The Labute approximate surface area is 108 Å². The van der Waals surface area contributed by atoms with Gasteiger partial charge in [0.1, 0.15) is 5.58 Å². The summed E-state index contributed by atoms with van der Waals surface area (Å²) < 4.78 is 6.95. The van der Waals surface area contributed by atoms with Gasteiger partial charge in [-0.15, -0.1) is 11.3 Å². The maximum Gasteiger partial charge on any atom is 0.141 e. The Bertz CT molecular complexity index is 766. The molecule has 0 bridgehead atoms. The molecule has 0 aliphatic rings.